The van der Waals surface area contributed by atoms with Crippen LogP contribution in [0.2, 0.25) is 0 Å². The van der Waals surface area contributed by atoms with Crippen LogP contribution < -0.4 is 10.6 Å². The summed E-state index contributed by atoms with van der Waals surface area (Å²) in [6.45, 7) is 2.30. The van der Waals surface area contributed by atoms with Gasteiger partial charge in [-0.1, -0.05) is 31.5 Å². The summed E-state index contributed by atoms with van der Waals surface area (Å²) in [5, 5.41) is 14.2. The highest BCUT2D eigenvalue weighted by Crippen LogP contribution is 2.22. The van der Waals surface area contributed by atoms with Crippen LogP contribution >= 0.6 is 0 Å². The average molecular weight is 290 g/mol. The summed E-state index contributed by atoms with van der Waals surface area (Å²) >= 11 is 0. The van der Waals surface area contributed by atoms with Gasteiger partial charge in [0.1, 0.15) is 6.04 Å². The Morgan fingerprint density at radius 1 is 1.29 bits per heavy atom. The molecule has 3 N–H and O–H groups in total. The Balaban J connectivity index is 1.84. The Morgan fingerprint density at radius 3 is 2.76 bits per heavy atom. The number of aryl methyl sites for hydroxylation is 2. The maximum atomic E-state index is 11.8. The fourth-order valence-electron chi connectivity index (χ4n) is 2.67. The molecule has 0 spiro atoms. The number of benzene rings is 1. The molecule has 0 saturated carbocycles. The maximum Gasteiger partial charge on any atom is 0.326 e. The lowest BCUT2D eigenvalue weighted by molar-refractivity contribution is -0.139. The van der Waals surface area contributed by atoms with Crippen LogP contribution in [-0.2, 0) is 24.2 Å². The van der Waals surface area contributed by atoms with Crippen molar-refractivity contribution in [3.63, 3.8) is 0 Å². The van der Waals surface area contributed by atoms with Gasteiger partial charge in [0.05, 0.1) is 0 Å². The van der Waals surface area contributed by atoms with Gasteiger partial charge in [0.25, 0.3) is 0 Å². The van der Waals surface area contributed by atoms with Gasteiger partial charge in [-0.2, -0.15) is 0 Å². The number of carboxylic acid groups (broad SMARTS) is 1. The molecule has 21 heavy (non-hydrogen) atoms. The van der Waals surface area contributed by atoms with E-state index >= 15 is 0 Å². The summed E-state index contributed by atoms with van der Waals surface area (Å²) in [6.07, 6.45) is 4.58. The molecular formula is C16H22N2O3. The van der Waals surface area contributed by atoms with Gasteiger partial charge in [-0.3, -0.25) is 0 Å². The monoisotopic (exact) mass is 290 g/mol. The van der Waals surface area contributed by atoms with E-state index < -0.39 is 18.0 Å². The number of amides is 2. The summed E-state index contributed by atoms with van der Waals surface area (Å²) in [5.41, 5.74) is 3.81. The Bertz CT molecular complexity index is 528. The molecule has 1 aliphatic carbocycles. The summed E-state index contributed by atoms with van der Waals surface area (Å²) in [5.74, 6) is -0.996. The van der Waals surface area contributed by atoms with E-state index in [1.54, 1.807) is 0 Å². The lowest BCUT2D eigenvalue weighted by Crippen LogP contribution is -2.45. The SMILES string of the molecule is CCCC(NC(=O)NCc1ccc2c(c1)CCC2)C(=O)O. The molecule has 1 unspecified atom stereocenters. The third-order valence-corrected chi connectivity index (χ3v) is 3.80. The third kappa shape index (κ3) is 4.21. The summed E-state index contributed by atoms with van der Waals surface area (Å²) in [6, 6.07) is 5.01. The minimum Gasteiger partial charge on any atom is -0.480 e. The summed E-state index contributed by atoms with van der Waals surface area (Å²) in [7, 11) is 0. The van der Waals surface area contributed by atoms with E-state index in [2.05, 4.69) is 22.8 Å². The van der Waals surface area contributed by atoms with E-state index in [-0.39, 0.29) is 0 Å². The van der Waals surface area contributed by atoms with Crippen molar-refractivity contribution in [2.75, 3.05) is 0 Å². The molecule has 0 aromatic heterocycles. The fourth-order valence-corrected chi connectivity index (χ4v) is 2.67. The summed E-state index contributed by atoms with van der Waals surface area (Å²) in [4.78, 5) is 22.7. The molecule has 114 valence electrons. The van der Waals surface area contributed by atoms with Crippen LogP contribution in [0.4, 0.5) is 4.79 Å². The predicted molar refractivity (Wildman–Crippen MR) is 80.2 cm³/mol. The van der Waals surface area contributed by atoms with Crippen molar-refractivity contribution in [1.29, 1.82) is 0 Å². The second kappa shape index (κ2) is 7.11. The zero-order chi connectivity index (χ0) is 15.2. The van der Waals surface area contributed by atoms with Crippen LogP contribution in [0.15, 0.2) is 18.2 Å². The van der Waals surface area contributed by atoms with E-state index in [0.29, 0.717) is 19.4 Å². The molecule has 1 aromatic rings. The second-order valence-corrected chi connectivity index (χ2v) is 5.46. The van der Waals surface area contributed by atoms with Gasteiger partial charge in [0.15, 0.2) is 0 Å². The maximum absolute atomic E-state index is 11.8. The second-order valence-electron chi connectivity index (χ2n) is 5.46. The summed E-state index contributed by atoms with van der Waals surface area (Å²) < 4.78 is 0. The topological polar surface area (TPSA) is 78.4 Å². The molecule has 2 rings (SSSR count). The lowest BCUT2D eigenvalue weighted by atomic mass is 10.1. The first-order valence-electron chi connectivity index (χ1n) is 7.48. The molecule has 0 saturated heterocycles. The highest BCUT2D eigenvalue weighted by atomic mass is 16.4. The Morgan fingerprint density at radius 2 is 2.05 bits per heavy atom. The first-order valence-corrected chi connectivity index (χ1v) is 7.48. The minimum absolute atomic E-state index is 0.414. The highest BCUT2D eigenvalue weighted by Gasteiger charge is 2.18. The van der Waals surface area contributed by atoms with Crippen molar-refractivity contribution >= 4 is 12.0 Å². The van der Waals surface area contributed by atoms with E-state index in [4.69, 9.17) is 5.11 Å². The number of carboxylic acids is 1. The Kier molecular flexibility index (Phi) is 5.20. The van der Waals surface area contributed by atoms with Crippen LogP contribution in [0.3, 0.4) is 0 Å². The molecule has 0 radical (unpaired) electrons. The quantitative estimate of drug-likeness (QED) is 0.751. The molecule has 0 bridgehead atoms. The highest BCUT2D eigenvalue weighted by molar-refractivity contribution is 5.82. The van der Waals surface area contributed by atoms with Gasteiger partial charge in [-0.25, -0.2) is 9.59 Å². The number of carbonyl (C=O) groups excluding carboxylic acids is 1. The van der Waals surface area contributed by atoms with Crippen molar-refractivity contribution in [2.45, 2.75) is 51.6 Å². The molecule has 5 nitrogen and oxygen atoms in total. The van der Waals surface area contributed by atoms with Crippen LogP contribution in [-0.4, -0.2) is 23.1 Å². The average Bonchev–Trinajstić information content (AvgIpc) is 2.92. The number of nitrogens with one attached hydrogen (secondary N) is 2. The number of rotatable bonds is 6. The van der Waals surface area contributed by atoms with Gasteiger partial charge in [0.2, 0.25) is 0 Å². The van der Waals surface area contributed by atoms with E-state index in [1.165, 1.54) is 17.5 Å². The standard InChI is InChI=1S/C16H22N2O3/c1-2-4-14(15(19)20)18-16(21)17-10-11-7-8-12-5-3-6-13(12)9-11/h7-9,14H,2-6,10H2,1H3,(H,19,20)(H2,17,18,21). The Hall–Kier alpha value is -2.04. The van der Waals surface area contributed by atoms with Gasteiger partial charge in [0, 0.05) is 6.54 Å². The molecule has 1 aromatic carbocycles. The normalized spacial score (nSPS) is 14.3. The fraction of sp³-hybridized carbons (Fsp3) is 0.500. The zero-order valence-electron chi connectivity index (χ0n) is 12.3. The van der Waals surface area contributed by atoms with Crippen LogP contribution in [0.25, 0.3) is 0 Å². The van der Waals surface area contributed by atoms with E-state index in [0.717, 1.165) is 18.4 Å². The van der Waals surface area contributed by atoms with E-state index in [1.807, 2.05) is 13.0 Å². The van der Waals surface area contributed by atoms with Gasteiger partial charge >= 0.3 is 12.0 Å². The number of aliphatic carboxylic acids is 1. The zero-order valence-corrected chi connectivity index (χ0v) is 12.3. The van der Waals surface area contributed by atoms with Crippen LogP contribution in [0.5, 0.6) is 0 Å². The molecule has 0 heterocycles. The molecule has 0 fully saturated rings. The van der Waals surface area contributed by atoms with Crippen LogP contribution in [0.1, 0.15) is 42.9 Å². The first-order chi connectivity index (χ1) is 10.1. The molecule has 1 atom stereocenters. The molecule has 0 aliphatic heterocycles. The first kappa shape index (κ1) is 15.4. The van der Waals surface area contributed by atoms with Gasteiger partial charge in [-0.15, -0.1) is 0 Å². The lowest BCUT2D eigenvalue weighted by Gasteiger charge is -2.14. The van der Waals surface area contributed by atoms with Crippen LogP contribution in [0, 0.1) is 0 Å². The van der Waals surface area contributed by atoms with Gasteiger partial charge in [-0.05, 0) is 42.4 Å². The number of carbonyl (C=O) groups is 2. The molecule has 5 heteroatoms. The number of urea groups is 1. The number of hydrogen-bond donors (Lipinski definition) is 3. The van der Waals surface area contributed by atoms with Crippen molar-refractivity contribution in [3.8, 4) is 0 Å². The smallest absolute Gasteiger partial charge is 0.326 e. The minimum atomic E-state index is -0.996. The van der Waals surface area contributed by atoms with Crippen molar-refractivity contribution in [2.24, 2.45) is 0 Å². The van der Waals surface area contributed by atoms with Gasteiger partial charge < -0.3 is 15.7 Å². The van der Waals surface area contributed by atoms with Crippen molar-refractivity contribution < 1.29 is 14.7 Å². The molecule has 1 aliphatic rings. The van der Waals surface area contributed by atoms with E-state index in [9.17, 15) is 9.59 Å². The van der Waals surface area contributed by atoms with Crippen molar-refractivity contribution in [3.05, 3.63) is 34.9 Å². The van der Waals surface area contributed by atoms with Crippen molar-refractivity contribution in [1.82, 2.24) is 10.6 Å². The third-order valence-electron chi connectivity index (χ3n) is 3.80. The number of hydrogen-bond acceptors (Lipinski definition) is 2. The molecular weight excluding hydrogens is 268 g/mol. The largest absolute Gasteiger partial charge is 0.480 e. The Labute approximate surface area is 124 Å². The molecule has 2 amide bonds. The number of fused-ring (bicyclic) bond motifs is 1. The predicted octanol–water partition coefficient (Wildman–Crippen LogP) is 2.23.